The number of benzene rings is 2. The van der Waals surface area contributed by atoms with Crippen molar-refractivity contribution in [3.8, 4) is 0 Å². The number of anilines is 2. The molecule has 130 valence electrons. The Morgan fingerprint density at radius 2 is 1.67 bits per heavy atom. The SMILES string of the molecule is N[N+]12C=CN=CC1=C(C1=CC=C1)N=C2c1ccc(Nc2ccccc2)cc1. The highest BCUT2D eigenvalue weighted by Gasteiger charge is 2.44. The van der Waals surface area contributed by atoms with Crippen LogP contribution in [0.15, 0.2) is 112 Å². The van der Waals surface area contributed by atoms with Crippen LogP contribution < -0.4 is 11.2 Å². The average molecular weight is 352 g/mol. The summed E-state index contributed by atoms with van der Waals surface area (Å²) >= 11 is 0. The summed E-state index contributed by atoms with van der Waals surface area (Å²) in [6, 6.07) is 18.3. The van der Waals surface area contributed by atoms with Crippen molar-refractivity contribution in [2.75, 3.05) is 5.32 Å². The predicted molar refractivity (Wildman–Crippen MR) is 109 cm³/mol. The molecule has 3 aliphatic rings. The zero-order valence-electron chi connectivity index (χ0n) is 14.6. The smallest absolute Gasteiger partial charge is 0.265 e. The van der Waals surface area contributed by atoms with Gasteiger partial charge in [-0.05, 0) is 36.4 Å². The quantitative estimate of drug-likeness (QED) is 0.641. The van der Waals surface area contributed by atoms with Crippen LogP contribution in [0.5, 0.6) is 0 Å². The van der Waals surface area contributed by atoms with Gasteiger partial charge in [0.15, 0.2) is 0 Å². The van der Waals surface area contributed by atoms with Crippen molar-refractivity contribution in [3.63, 3.8) is 0 Å². The van der Waals surface area contributed by atoms with Gasteiger partial charge in [0.25, 0.3) is 5.84 Å². The van der Waals surface area contributed by atoms with Gasteiger partial charge < -0.3 is 5.32 Å². The topological polar surface area (TPSA) is 62.8 Å². The Kier molecular flexibility index (Phi) is 3.50. The molecule has 27 heavy (non-hydrogen) atoms. The maximum Gasteiger partial charge on any atom is 0.265 e. The van der Waals surface area contributed by atoms with E-state index in [-0.39, 0.29) is 4.59 Å². The van der Waals surface area contributed by atoms with Gasteiger partial charge in [-0.15, -0.1) is 4.59 Å². The first-order valence-corrected chi connectivity index (χ1v) is 8.78. The van der Waals surface area contributed by atoms with Crippen molar-refractivity contribution < 1.29 is 4.59 Å². The van der Waals surface area contributed by atoms with Crippen molar-refractivity contribution in [1.29, 1.82) is 0 Å². The zero-order chi connectivity index (χ0) is 18.3. The Hall–Kier alpha value is -3.54. The summed E-state index contributed by atoms with van der Waals surface area (Å²) < 4.78 is 0.0372. The number of aliphatic imine (C=N–C) groups is 2. The van der Waals surface area contributed by atoms with Crippen molar-refractivity contribution >= 4 is 23.4 Å². The summed E-state index contributed by atoms with van der Waals surface area (Å²) in [6.45, 7) is 0. The number of rotatable bonds is 4. The van der Waals surface area contributed by atoms with Gasteiger partial charge in [-0.1, -0.05) is 36.4 Å². The lowest BCUT2D eigenvalue weighted by Gasteiger charge is -2.26. The van der Waals surface area contributed by atoms with Crippen LogP contribution in [0.1, 0.15) is 5.56 Å². The van der Waals surface area contributed by atoms with Crippen molar-refractivity contribution in [3.05, 3.63) is 108 Å². The summed E-state index contributed by atoms with van der Waals surface area (Å²) in [5.74, 6) is 7.50. The monoisotopic (exact) mass is 352 g/mol. The van der Waals surface area contributed by atoms with Crippen LogP contribution in [-0.4, -0.2) is 16.6 Å². The minimum atomic E-state index is 0.0372. The molecule has 1 aliphatic carbocycles. The zero-order valence-corrected chi connectivity index (χ0v) is 14.6. The fourth-order valence-electron chi connectivity index (χ4n) is 3.33. The van der Waals surface area contributed by atoms with Crippen LogP contribution in [0.3, 0.4) is 0 Å². The molecular weight excluding hydrogens is 334 g/mol. The van der Waals surface area contributed by atoms with Crippen LogP contribution in [0, 0.1) is 0 Å². The fourth-order valence-corrected chi connectivity index (χ4v) is 3.33. The lowest BCUT2D eigenvalue weighted by atomic mass is 10.0. The van der Waals surface area contributed by atoms with Crippen LogP contribution in [-0.2, 0) is 0 Å². The highest BCUT2D eigenvalue weighted by atomic mass is 15.6. The fraction of sp³-hybridized carbons (Fsp3) is 0. The van der Waals surface area contributed by atoms with Gasteiger partial charge in [0.05, 0.1) is 18.0 Å². The van der Waals surface area contributed by atoms with E-state index in [1.54, 1.807) is 12.4 Å². The van der Waals surface area contributed by atoms with Gasteiger partial charge in [-0.25, -0.2) is 0 Å². The lowest BCUT2D eigenvalue weighted by Crippen LogP contribution is -2.53. The Labute approximate surface area is 157 Å². The second-order valence-corrected chi connectivity index (χ2v) is 6.57. The second-order valence-electron chi connectivity index (χ2n) is 6.57. The van der Waals surface area contributed by atoms with Crippen molar-refractivity contribution in [2.45, 2.75) is 0 Å². The number of nitrogens with zero attached hydrogens (tertiary/aromatic N) is 3. The normalized spacial score (nSPS) is 22.3. The summed E-state index contributed by atoms with van der Waals surface area (Å²) in [5, 5.41) is 3.39. The minimum absolute atomic E-state index is 0.0372. The Morgan fingerprint density at radius 3 is 2.37 bits per heavy atom. The predicted octanol–water partition coefficient (Wildman–Crippen LogP) is 4.14. The highest BCUT2D eigenvalue weighted by molar-refractivity contribution is 6.01. The molecule has 2 aromatic carbocycles. The third-order valence-corrected chi connectivity index (χ3v) is 4.82. The Morgan fingerprint density at radius 1 is 0.926 bits per heavy atom. The van der Waals surface area contributed by atoms with E-state index in [0.717, 1.165) is 39.7 Å². The number of hydrogen-bond acceptors (Lipinski definition) is 4. The number of para-hydroxylation sites is 1. The largest absolute Gasteiger partial charge is 0.356 e. The van der Waals surface area contributed by atoms with E-state index in [9.17, 15) is 0 Å². The Bertz CT molecular complexity index is 1090. The molecule has 0 saturated heterocycles. The van der Waals surface area contributed by atoms with Gasteiger partial charge in [-0.2, -0.15) is 10.8 Å². The third kappa shape index (κ3) is 2.57. The molecule has 1 unspecified atom stereocenters. The first kappa shape index (κ1) is 15.7. The van der Waals surface area contributed by atoms with Crippen LogP contribution in [0.2, 0.25) is 0 Å². The first-order valence-electron chi connectivity index (χ1n) is 8.78. The molecule has 0 fully saturated rings. The summed E-state index contributed by atoms with van der Waals surface area (Å²) in [4.78, 5) is 9.12. The van der Waals surface area contributed by atoms with E-state index in [4.69, 9.17) is 10.8 Å². The van der Waals surface area contributed by atoms with Gasteiger partial charge >= 0.3 is 0 Å². The molecule has 5 heteroatoms. The van der Waals surface area contributed by atoms with E-state index < -0.39 is 0 Å². The highest BCUT2D eigenvalue weighted by Crippen LogP contribution is 2.36. The maximum absolute atomic E-state index is 6.71. The number of amidine groups is 1. The van der Waals surface area contributed by atoms with Crippen molar-refractivity contribution in [2.24, 2.45) is 15.8 Å². The van der Waals surface area contributed by atoms with Crippen LogP contribution in [0.25, 0.3) is 0 Å². The number of hydrogen-bond donors (Lipinski definition) is 2. The molecule has 0 radical (unpaired) electrons. The molecule has 5 rings (SSSR count). The molecular formula is C22H18N5+. The molecule has 0 saturated carbocycles. The van der Waals surface area contributed by atoms with Crippen LogP contribution >= 0.6 is 0 Å². The van der Waals surface area contributed by atoms with Gasteiger partial charge in [-0.3, -0.25) is 4.99 Å². The number of nitrogens with one attached hydrogen (secondary N) is 1. The van der Waals surface area contributed by atoms with E-state index in [2.05, 4.69) is 10.3 Å². The lowest BCUT2D eigenvalue weighted by molar-refractivity contribution is -0.750. The maximum atomic E-state index is 6.71. The standard InChI is InChI=1S/C22H18N5/c23-27-14-13-24-15-20(27)21(16-5-4-6-16)26-22(27)17-9-11-19(12-10-17)25-18-7-2-1-3-8-18/h1-15,25H,23H2/q+1. The summed E-state index contributed by atoms with van der Waals surface area (Å²) in [6.07, 6.45) is 11.5. The summed E-state index contributed by atoms with van der Waals surface area (Å²) in [5.41, 5.74) is 5.89. The molecule has 0 spiro atoms. The number of quaternary nitrogens is 1. The summed E-state index contributed by atoms with van der Waals surface area (Å²) in [7, 11) is 0. The molecule has 2 aliphatic heterocycles. The molecule has 0 bridgehead atoms. The van der Waals surface area contributed by atoms with E-state index >= 15 is 0 Å². The van der Waals surface area contributed by atoms with Gasteiger partial charge in [0.1, 0.15) is 11.9 Å². The van der Waals surface area contributed by atoms with Crippen LogP contribution in [0.4, 0.5) is 11.4 Å². The molecule has 2 aromatic rings. The van der Waals surface area contributed by atoms with Crippen molar-refractivity contribution in [1.82, 2.24) is 0 Å². The Balaban J connectivity index is 1.48. The number of nitrogens with two attached hydrogens (primary N) is 1. The molecule has 2 heterocycles. The first-order chi connectivity index (χ1) is 13.2. The number of allylic oxidation sites excluding steroid dienone is 4. The van der Waals surface area contributed by atoms with E-state index in [1.165, 1.54) is 0 Å². The second kappa shape index (κ2) is 6.02. The molecule has 0 amide bonds. The molecule has 1 atom stereocenters. The molecule has 0 aromatic heterocycles. The van der Waals surface area contributed by atoms with Gasteiger partial charge in [0, 0.05) is 16.9 Å². The van der Waals surface area contributed by atoms with E-state index in [1.807, 2.05) is 79.0 Å². The van der Waals surface area contributed by atoms with Gasteiger partial charge in [0.2, 0.25) is 5.70 Å². The molecule has 5 nitrogen and oxygen atoms in total. The van der Waals surface area contributed by atoms with E-state index in [0.29, 0.717) is 0 Å². The average Bonchev–Trinajstić information content (AvgIpc) is 2.95. The minimum Gasteiger partial charge on any atom is -0.356 e. The molecule has 3 N–H and O–H groups in total. The number of fused-ring (bicyclic) bond motifs is 1. The third-order valence-electron chi connectivity index (χ3n) is 4.82.